The second-order valence-corrected chi connectivity index (χ2v) is 9.86. The van der Waals surface area contributed by atoms with Crippen molar-refractivity contribution in [3.63, 3.8) is 0 Å². The molecule has 4 aromatic heterocycles. The molecule has 12 heteroatoms. The topological polar surface area (TPSA) is 128 Å². The number of likely N-dealkylation sites (N-methyl/N-ethyl adjacent to an activating group) is 1. The Bertz CT molecular complexity index is 1490. The summed E-state index contributed by atoms with van der Waals surface area (Å²) in [5.41, 5.74) is 4.95. The molecule has 0 unspecified atom stereocenters. The van der Waals surface area contributed by atoms with E-state index < -0.39 is 6.10 Å². The lowest BCUT2D eigenvalue weighted by Crippen LogP contribution is -2.43. The number of aliphatic hydroxyl groups is 1. The van der Waals surface area contributed by atoms with E-state index in [-0.39, 0.29) is 12.1 Å². The van der Waals surface area contributed by atoms with Crippen LogP contribution in [-0.2, 0) is 24.9 Å². The molecule has 1 fully saturated rings. The van der Waals surface area contributed by atoms with Gasteiger partial charge in [0.15, 0.2) is 5.65 Å². The number of nitrogens with one attached hydrogen (secondary N) is 1. The summed E-state index contributed by atoms with van der Waals surface area (Å²) in [6, 6.07) is 2.04. The van der Waals surface area contributed by atoms with Crippen LogP contribution in [0, 0.1) is 0 Å². The third kappa shape index (κ3) is 4.34. The van der Waals surface area contributed by atoms with E-state index in [0.29, 0.717) is 50.3 Å². The Morgan fingerprint density at radius 2 is 2.11 bits per heavy atom. The molecule has 3 atom stereocenters. The summed E-state index contributed by atoms with van der Waals surface area (Å²) in [6.07, 6.45) is 6.77. The van der Waals surface area contributed by atoms with E-state index in [9.17, 15) is 5.11 Å². The van der Waals surface area contributed by atoms with E-state index in [0.717, 1.165) is 33.5 Å². The molecule has 4 aromatic rings. The average Bonchev–Trinajstić information content (AvgIpc) is 3.66. The van der Waals surface area contributed by atoms with Crippen molar-refractivity contribution in [1.82, 2.24) is 39.6 Å². The number of nitrogens with zero attached hydrogens (tertiary/aromatic N) is 7. The van der Waals surface area contributed by atoms with E-state index in [1.807, 2.05) is 36.9 Å². The van der Waals surface area contributed by atoms with Crippen LogP contribution in [0.4, 0.5) is 0 Å². The lowest BCUT2D eigenvalue weighted by atomic mass is 10.1. The van der Waals surface area contributed by atoms with Crippen LogP contribution < -0.4 is 9.47 Å². The van der Waals surface area contributed by atoms with Crippen molar-refractivity contribution in [1.29, 1.82) is 0 Å². The van der Waals surface area contributed by atoms with Gasteiger partial charge < -0.3 is 19.3 Å². The van der Waals surface area contributed by atoms with Crippen LogP contribution in [0.25, 0.3) is 34.3 Å². The Labute approximate surface area is 219 Å². The number of ether oxygens (including phenoxy) is 3. The van der Waals surface area contributed by atoms with Gasteiger partial charge in [0.05, 0.1) is 67.2 Å². The van der Waals surface area contributed by atoms with Crippen LogP contribution in [0.1, 0.15) is 30.8 Å². The average molecular weight is 521 g/mol. The number of aromatic nitrogens is 7. The van der Waals surface area contributed by atoms with Gasteiger partial charge in [0.25, 0.3) is 0 Å². The maximum absolute atomic E-state index is 10.2. The molecule has 12 nitrogen and oxygen atoms in total. The molecule has 0 saturated carbocycles. The van der Waals surface area contributed by atoms with Gasteiger partial charge in [0.2, 0.25) is 11.8 Å². The molecule has 0 aliphatic carbocycles. The Balaban J connectivity index is 1.54. The zero-order valence-electron chi connectivity index (χ0n) is 22.0. The summed E-state index contributed by atoms with van der Waals surface area (Å²) < 4.78 is 22.0. The molecule has 2 N–H and O–H groups in total. The summed E-state index contributed by atoms with van der Waals surface area (Å²) in [6.45, 7) is 6.05. The number of fused-ring (bicyclic) bond motifs is 5. The molecule has 2 bridgehead atoms. The summed E-state index contributed by atoms with van der Waals surface area (Å²) >= 11 is 0. The maximum Gasteiger partial charge on any atom is 0.240 e. The van der Waals surface area contributed by atoms with Crippen LogP contribution in [0.15, 0.2) is 18.5 Å². The molecule has 38 heavy (non-hydrogen) atoms. The molecule has 0 spiro atoms. The Morgan fingerprint density at radius 1 is 1.24 bits per heavy atom. The number of hydrogen-bond acceptors (Lipinski definition) is 9. The molecule has 2 aliphatic rings. The highest BCUT2D eigenvalue weighted by atomic mass is 16.6. The minimum atomic E-state index is -0.574. The SMILES string of the molecule is CCOc1nn(C[C@H](C)O)c2c1/C=C/c1[nH]nc3ncc(cc13)-c1cnn(C)c1O[C@H]1COC[C@H]1N(C)C2. The van der Waals surface area contributed by atoms with Gasteiger partial charge in [-0.3, -0.25) is 14.7 Å². The highest BCUT2D eigenvalue weighted by molar-refractivity contribution is 5.90. The number of H-pyrrole nitrogens is 1. The number of aromatic amines is 1. The number of pyridine rings is 1. The maximum atomic E-state index is 10.2. The highest BCUT2D eigenvalue weighted by Gasteiger charge is 2.36. The fourth-order valence-electron chi connectivity index (χ4n) is 5.13. The van der Waals surface area contributed by atoms with Crippen molar-refractivity contribution in [2.45, 2.75) is 45.2 Å². The van der Waals surface area contributed by atoms with Crippen molar-refractivity contribution < 1.29 is 19.3 Å². The first kappa shape index (κ1) is 24.6. The number of aryl methyl sites for hydroxylation is 1. The third-order valence-corrected chi connectivity index (χ3v) is 7.06. The fourth-order valence-corrected chi connectivity index (χ4v) is 5.13. The first-order valence-electron chi connectivity index (χ1n) is 12.8. The fraction of sp³-hybridized carbons (Fsp3) is 0.462. The zero-order valence-corrected chi connectivity index (χ0v) is 22.0. The monoisotopic (exact) mass is 520 g/mol. The van der Waals surface area contributed by atoms with Crippen LogP contribution in [0.2, 0.25) is 0 Å². The van der Waals surface area contributed by atoms with Crippen molar-refractivity contribution in [3.8, 4) is 22.9 Å². The normalized spacial score (nSPS) is 21.3. The molecule has 6 heterocycles. The first-order chi connectivity index (χ1) is 18.4. The predicted octanol–water partition coefficient (Wildman–Crippen LogP) is 2.10. The quantitative estimate of drug-likeness (QED) is 0.416. The van der Waals surface area contributed by atoms with Crippen LogP contribution >= 0.6 is 0 Å². The highest BCUT2D eigenvalue weighted by Crippen LogP contribution is 2.34. The smallest absolute Gasteiger partial charge is 0.240 e. The van der Waals surface area contributed by atoms with Gasteiger partial charge in [0, 0.05) is 30.7 Å². The van der Waals surface area contributed by atoms with Gasteiger partial charge in [0.1, 0.15) is 6.10 Å². The Hall–Kier alpha value is -3.74. The molecular weight excluding hydrogens is 488 g/mol. The molecule has 0 aromatic carbocycles. The minimum Gasteiger partial charge on any atom is -0.476 e. The molecule has 1 saturated heterocycles. The van der Waals surface area contributed by atoms with Gasteiger partial charge in [-0.2, -0.15) is 10.2 Å². The van der Waals surface area contributed by atoms with E-state index in [1.54, 1.807) is 24.0 Å². The molecule has 0 radical (unpaired) electrons. The summed E-state index contributed by atoms with van der Waals surface area (Å²) in [4.78, 5) is 6.80. The van der Waals surface area contributed by atoms with Crippen LogP contribution in [-0.4, -0.2) is 89.9 Å². The summed E-state index contributed by atoms with van der Waals surface area (Å²) in [5, 5.41) is 27.8. The van der Waals surface area contributed by atoms with Gasteiger partial charge in [-0.15, -0.1) is 5.10 Å². The van der Waals surface area contributed by atoms with Crippen LogP contribution in [0.5, 0.6) is 11.8 Å². The first-order valence-corrected chi connectivity index (χ1v) is 12.8. The van der Waals surface area contributed by atoms with Crippen molar-refractivity contribution >= 4 is 23.2 Å². The number of aliphatic hydroxyl groups excluding tert-OH is 1. The van der Waals surface area contributed by atoms with E-state index in [1.165, 1.54) is 0 Å². The van der Waals surface area contributed by atoms with E-state index >= 15 is 0 Å². The molecule has 6 rings (SSSR count). The largest absolute Gasteiger partial charge is 0.476 e. The summed E-state index contributed by atoms with van der Waals surface area (Å²) in [5.74, 6) is 1.18. The van der Waals surface area contributed by atoms with Crippen molar-refractivity contribution in [2.24, 2.45) is 7.05 Å². The minimum absolute atomic E-state index is 0.0114. The standard InChI is InChI=1S/C26H32N8O4/c1-5-37-25-17-6-7-20-18-8-16(9-27-24(18)30-29-20)19-10-28-33(4)26(19)38-23-14-36-13-22(23)32(3)12-21(17)34(31-25)11-15(2)35/h6-10,15,22-23,35H,5,11-14H2,1-4H3,(H,27,29,30)/b7-6+/t15-,22+,23-/m0/s1. The predicted molar refractivity (Wildman–Crippen MR) is 141 cm³/mol. The lowest BCUT2D eigenvalue weighted by molar-refractivity contribution is 0.102. The second kappa shape index (κ2) is 9.86. The van der Waals surface area contributed by atoms with E-state index in [2.05, 4.69) is 32.2 Å². The number of rotatable bonds is 4. The van der Waals surface area contributed by atoms with Gasteiger partial charge >= 0.3 is 0 Å². The Kier molecular flexibility index (Phi) is 6.38. The Morgan fingerprint density at radius 3 is 2.92 bits per heavy atom. The molecular formula is C26H32N8O4. The summed E-state index contributed by atoms with van der Waals surface area (Å²) in [7, 11) is 3.92. The van der Waals surface area contributed by atoms with Crippen molar-refractivity contribution in [2.75, 3.05) is 26.9 Å². The number of hydrogen-bond donors (Lipinski definition) is 2. The molecule has 0 amide bonds. The van der Waals surface area contributed by atoms with E-state index in [4.69, 9.17) is 19.3 Å². The zero-order chi connectivity index (χ0) is 26.4. The van der Waals surface area contributed by atoms with Gasteiger partial charge in [-0.1, -0.05) is 0 Å². The van der Waals surface area contributed by atoms with Crippen LogP contribution in [0.3, 0.4) is 0 Å². The molecule has 200 valence electrons. The third-order valence-electron chi connectivity index (χ3n) is 7.06. The van der Waals surface area contributed by atoms with Gasteiger partial charge in [-0.25, -0.2) is 9.67 Å². The molecule has 2 aliphatic heterocycles. The second-order valence-electron chi connectivity index (χ2n) is 9.86. The van der Waals surface area contributed by atoms with Gasteiger partial charge in [-0.05, 0) is 39.1 Å². The lowest BCUT2D eigenvalue weighted by Gasteiger charge is -2.29. The van der Waals surface area contributed by atoms with Crippen molar-refractivity contribution in [3.05, 3.63) is 35.4 Å².